The van der Waals surface area contributed by atoms with Gasteiger partial charge in [-0.25, -0.2) is 0 Å². The van der Waals surface area contributed by atoms with Gasteiger partial charge in [-0.15, -0.1) is 0 Å². The number of rotatable bonds is 7. The van der Waals surface area contributed by atoms with Crippen molar-refractivity contribution in [1.29, 1.82) is 0 Å². The van der Waals surface area contributed by atoms with Crippen LogP contribution in [0.25, 0.3) is 0 Å². The van der Waals surface area contributed by atoms with Crippen LogP contribution in [0.3, 0.4) is 0 Å². The van der Waals surface area contributed by atoms with Gasteiger partial charge in [0.1, 0.15) is 5.54 Å². The van der Waals surface area contributed by atoms with Crippen molar-refractivity contribution in [3.63, 3.8) is 0 Å². The second-order valence-corrected chi connectivity index (χ2v) is 5.77. The Balaban J connectivity index is 2.33. The topological polar surface area (TPSA) is 55.8 Å². The van der Waals surface area contributed by atoms with Gasteiger partial charge in [-0.2, -0.15) is 0 Å². The van der Waals surface area contributed by atoms with Gasteiger partial charge in [-0.05, 0) is 59.4 Å². The molecule has 1 rings (SSSR count). The van der Waals surface area contributed by atoms with Gasteiger partial charge in [0.2, 0.25) is 0 Å². The summed E-state index contributed by atoms with van der Waals surface area (Å²) in [5.74, 6) is -0.745. The number of carbonyl (C=O) groups is 1. The van der Waals surface area contributed by atoms with Crippen LogP contribution in [0.5, 0.6) is 0 Å². The summed E-state index contributed by atoms with van der Waals surface area (Å²) in [6.45, 7) is 9.95. The van der Waals surface area contributed by atoms with Crippen LogP contribution in [-0.2, 0) is 4.79 Å². The highest BCUT2D eigenvalue weighted by Gasteiger charge is 2.31. The minimum atomic E-state index is -0.780. The average molecular weight is 271 g/mol. The van der Waals surface area contributed by atoms with Crippen molar-refractivity contribution >= 4 is 5.97 Å². The molecule has 0 amide bonds. The smallest absolute Gasteiger partial charge is 0.323 e. The Morgan fingerprint density at radius 3 is 2.68 bits per heavy atom. The molecule has 1 heterocycles. The predicted molar refractivity (Wildman–Crippen MR) is 77.5 cm³/mol. The Morgan fingerprint density at radius 2 is 2.05 bits per heavy atom. The number of nitrogens with zero attached hydrogens (tertiary/aromatic N) is 2. The number of hydrogen-bond acceptors (Lipinski definition) is 4. The maximum absolute atomic E-state index is 11.3. The van der Waals surface area contributed by atoms with E-state index in [1.807, 2.05) is 6.92 Å². The Morgan fingerprint density at radius 1 is 1.32 bits per heavy atom. The van der Waals surface area contributed by atoms with Crippen molar-refractivity contribution in [3.8, 4) is 0 Å². The molecule has 1 aliphatic rings. The fraction of sp³-hybridized carbons (Fsp3) is 0.929. The molecule has 112 valence electrons. The first kappa shape index (κ1) is 16.4. The van der Waals surface area contributed by atoms with Crippen LogP contribution in [0.4, 0.5) is 0 Å². The third-order valence-electron chi connectivity index (χ3n) is 4.00. The van der Waals surface area contributed by atoms with E-state index in [4.69, 9.17) is 0 Å². The standard InChI is InChI=1S/C14H29N3O2/c1-4-15-14(2,13(18)19)7-5-9-17-10-6-8-16(3)11-12-17/h15H,4-12H2,1-3H3,(H,18,19). The summed E-state index contributed by atoms with van der Waals surface area (Å²) >= 11 is 0. The van der Waals surface area contributed by atoms with Crippen molar-refractivity contribution in [2.24, 2.45) is 0 Å². The summed E-state index contributed by atoms with van der Waals surface area (Å²) in [6, 6.07) is 0. The summed E-state index contributed by atoms with van der Waals surface area (Å²) in [4.78, 5) is 16.1. The number of aliphatic carboxylic acids is 1. The molecule has 5 nitrogen and oxygen atoms in total. The first-order valence-electron chi connectivity index (χ1n) is 7.37. The van der Waals surface area contributed by atoms with E-state index < -0.39 is 11.5 Å². The molecular weight excluding hydrogens is 242 g/mol. The van der Waals surface area contributed by atoms with Gasteiger partial charge in [0.05, 0.1) is 0 Å². The number of hydrogen-bond donors (Lipinski definition) is 2. The lowest BCUT2D eigenvalue weighted by Gasteiger charge is -2.27. The van der Waals surface area contributed by atoms with Gasteiger partial charge < -0.3 is 20.2 Å². The van der Waals surface area contributed by atoms with Gasteiger partial charge >= 0.3 is 5.97 Å². The lowest BCUT2D eigenvalue weighted by atomic mass is 9.95. The van der Waals surface area contributed by atoms with Crippen LogP contribution >= 0.6 is 0 Å². The zero-order valence-electron chi connectivity index (χ0n) is 12.6. The number of carboxylic acid groups (broad SMARTS) is 1. The van der Waals surface area contributed by atoms with Crippen LogP contribution in [0, 0.1) is 0 Å². The van der Waals surface area contributed by atoms with Crippen LogP contribution < -0.4 is 5.32 Å². The van der Waals surface area contributed by atoms with E-state index in [9.17, 15) is 9.90 Å². The Kier molecular flexibility index (Phi) is 6.75. The SMILES string of the molecule is CCNC(C)(CCCN1CCCN(C)CC1)C(=O)O. The molecule has 1 atom stereocenters. The summed E-state index contributed by atoms with van der Waals surface area (Å²) in [5, 5.41) is 12.4. The third-order valence-corrected chi connectivity index (χ3v) is 4.00. The maximum atomic E-state index is 11.3. The number of carboxylic acids is 1. The third kappa shape index (κ3) is 5.47. The van der Waals surface area contributed by atoms with Crippen LogP contribution in [0.1, 0.15) is 33.1 Å². The summed E-state index contributed by atoms with van der Waals surface area (Å²) < 4.78 is 0. The maximum Gasteiger partial charge on any atom is 0.323 e. The minimum Gasteiger partial charge on any atom is -0.480 e. The molecule has 0 aliphatic carbocycles. The van der Waals surface area contributed by atoms with E-state index in [1.165, 1.54) is 13.0 Å². The highest BCUT2D eigenvalue weighted by Crippen LogP contribution is 2.14. The summed E-state index contributed by atoms with van der Waals surface area (Å²) in [6.07, 6.45) is 2.82. The summed E-state index contributed by atoms with van der Waals surface area (Å²) in [7, 11) is 2.16. The molecule has 1 unspecified atom stereocenters. The minimum absolute atomic E-state index is 0.683. The number of likely N-dealkylation sites (N-methyl/N-ethyl adjacent to an activating group) is 2. The van der Waals surface area contributed by atoms with Crippen LogP contribution in [-0.4, -0.2) is 72.7 Å². The molecule has 19 heavy (non-hydrogen) atoms. The molecule has 0 saturated carbocycles. The fourth-order valence-electron chi connectivity index (χ4n) is 2.64. The predicted octanol–water partition coefficient (Wildman–Crippen LogP) is 0.857. The Hall–Kier alpha value is -0.650. The van der Waals surface area contributed by atoms with Gasteiger partial charge in [0.15, 0.2) is 0 Å². The molecule has 5 heteroatoms. The molecule has 0 spiro atoms. The van der Waals surface area contributed by atoms with E-state index in [-0.39, 0.29) is 0 Å². The first-order valence-corrected chi connectivity index (χ1v) is 7.37. The van der Waals surface area contributed by atoms with Crippen molar-refractivity contribution in [1.82, 2.24) is 15.1 Å². The van der Waals surface area contributed by atoms with Gasteiger partial charge in [0.25, 0.3) is 0 Å². The van der Waals surface area contributed by atoms with Crippen LogP contribution in [0.2, 0.25) is 0 Å². The lowest BCUT2D eigenvalue weighted by Crippen LogP contribution is -2.49. The van der Waals surface area contributed by atoms with Crippen molar-refractivity contribution in [2.75, 3.05) is 46.3 Å². The molecule has 0 bridgehead atoms. The molecule has 0 aromatic rings. The zero-order chi connectivity index (χ0) is 14.3. The van der Waals surface area contributed by atoms with E-state index in [0.717, 1.165) is 32.6 Å². The van der Waals surface area contributed by atoms with Crippen LogP contribution in [0.15, 0.2) is 0 Å². The van der Waals surface area contributed by atoms with E-state index >= 15 is 0 Å². The first-order chi connectivity index (χ1) is 8.98. The Bertz CT molecular complexity index is 286. The molecule has 1 aliphatic heterocycles. The number of nitrogens with one attached hydrogen (secondary N) is 1. The van der Waals surface area contributed by atoms with Gasteiger partial charge in [-0.1, -0.05) is 6.92 Å². The van der Waals surface area contributed by atoms with Crippen molar-refractivity contribution in [2.45, 2.75) is 38.6 Å². The largest absolute Gasteiger partial charge is 0.480 e. The second kappa shape index (κ2) is 7.82. The molecule has 0 aromatic heterocycles. The normalized spacial score (nSPS) is 21.8. The zero-order valence-corrected chi connectivity index (χ0v) is 12.6. The average Bonchev–Trinajstić information content (AvgIpc) is 2.54. The highest BCUT2D eigenvalue weighted by atomic mass is 16.4. The molecule has 1 fully saturated rings. The molecule has 1 saturated heterocycles. The van der Waals surface area contributed by atoms with Crippen molar-refractivity contribution < 1.29 is 9.90 Å². The fourth-order valence-corrected chi connectivity index (χ4v) is 2.64. The monoisotopic (exact) mass is 271 g/mol. The molecule has 2 N–H and O–H groups in total. The van der Waals surface area contributed by atoms with Gasteiger partial charge in [0, 0.05) is 13.1 Å². The van der Waals surface area contributed by atoms with E-state index in [0.29, 0.717) is 13.0 Å². The lowest BCUT2D eigenvalue weighted by molar-refractivity contribution is -0.144. The summed E-state index contributed by atoms with van der Waals surface area (Å²) in [5.41, 5.74) is -0.780. The highest BCUT2D eigenvalue weighted by molar-refractivity contribution is 5.78. The molecule has 0 radical (unpaired) electrons. The van der Waals surface area contributed by atoms with Crippen molar-refractivity contribution in [3.05, 3.63) is 0 Å². The second-order valence-electron chi connectivity index (χ2n) is 5.77. The van der Waals surface area contributed by atoms with E-state index in [1.54, 1.807) is 6.92 Å². The quantitative estimate of drug-likeness (QED) is 0.719. The Labute approximate surface area is 117 Å². The van der Waals surface area contributed by atoms with E-state index in [2.05, 4.69) is 22.2 Å². The van der Waals surface area contributed by atoms with Gasteiger partial charge in [-0.3, -0.25) is 4.79 Å². The molecular formula is C14H29N3O2. The molecule has 0 aromatic carbocycles.